The van der Waals surface area contributed by atoms with Crippen LogP contribution in [0.5, 0.6) is 11.5 Å². The fourth-order valence-electron chi connectivity index (χ4n) is 3.76. The topological polar surface area (TPSA) is 36.3 Å². The van der Waals surface area contributed by atoms with Crippen molar-refractivity contribution in [2.45, 2.75) is 31.7 Å². The van der Waals surface area contributed by atoms with Gasteiger partial charge in [-0.15, -0.1) is 0 Å². The van der Waals surface area contributed by atoms with Crippen LogP contribution in [0, 0.1) is 5.82 Å². The quantitative estimate of drug-likeness (QED) is 0.672. The Bertz CT molecular complexity index is 913. The summed E-state index contributed by atoms with van der Waals surface area (Å²) in [5, 5.41) is 5.46. The average molecular weight is 340 g/mol. The molecule has 1 aliphatic carbocycles. The van der Waals surface area contributed by atoms with Crippen molar-refractivity contribution < 1.29 is 13.9 Å². The van der Waals surface area contributed by atoms with Crippen LogP contribution in [0.4, 0.5) is 4.39 Å². The van der Waals surface area contributed by atoms with Crippen LogP contribution in [0.2, 0.25) is 0 Å². The molecule has 4 nitrogen and oxygen atoms in total. The van der Waals surface area contributed by atoms with Gasteiger partial charge in [0, 0.05) is 17.0 Å². The molecule has 0 aliphatic heterocycles. The molecule has 1 saturated carbocycles. The molecule has 2 aromatic carbocycles. The van der Waals surface area contributed by atoms with Crippen molar-refractivity contribution in [1.82, 2.24) is 9.78 Å². The summed E-state index contributed by atoms with van der Waals surface area (Å²) in [5.74, 6) is 1.13. The summed E-state index contributed by atoms with van der Waals surface area (Å²) < 4.78 is 27.3. The molecule has 0 radical (unpaired) electrons. The second-order valence-corrected chi connectivity index (χ2v) is 6.43. The first-order valence-electron chi connectivity index (χ1n) is 8.62. The van der Waals surface area contributed by atoms with Gasteiger partial charge in [0.05, 0.1) is 26.0 Å². The Morgan fingerprint density at radius 3 is 2.60 bits per heavy atom. The highest BCUT2D eigenvalue weighted by atomic mass is 19.1. The molecule has 0 atom stereocenters. The maximum atomic E-state index is 14.4. The van der Waals surface area contributed by atoms with Crippen LogP contribution in [0.15, 0.2) is 36.4 Å². The fourth-order valence-corrected chi connectivity index (χ4v) is 3.76. The van der Waals surface area contributed by atoms with Crippen LogP contribution in [0.3, 0.4) is 0 Å². The summed E-state index contributed by atoms with van der Waals surface area (Å²) in [4.78, 5) is 0. The van der Waals surface area contributed by atoms with Crippen LogP contribution in [0.1, 0.15) is 31.7 Å². The Hall–Kier alpha value is -2.56. The molecular weight excluding hydrogens is 319 g/mol. The summed E-state index contributed by atoms with van der Waals surface area (Å²) in [6.07, 6.45) is 4.51. The summed E-state index contributed by atoms with van der Waals surface area (Å²) >= 11 is 0. The van der Waals surface area contributed by atoms with E-state index in [0.29, 0.717) is 17.3 Å². The minimum atomic E-state index is -0.289. The highest BCUT2D eigenvalue weighted by molar-refractivity contribution is 5.95. The summed E-state index contributed by atoms with van der Waals surface area (Å²) in [7, 11) is 3.26. The van der Waals surface area contributed by atoms with Gasteiger partial charge in [-0.2, -0.15) is 5.10 Å². The highest BCUT2D eigenvalue weighted by Crippen LogP contribution is 2.41. The van der Waals surface area contributed by atoms with E-state index in [2.05, 4.69) is 5.10 Å². The minimum absolute atomic E-state index is 0.289. The van der Waals surface area contributed by atoms with E-state index in [9.17, 15) is 4.39 Å². The number of benzene rings is 2. The molecule has 0 saturated heterocycles. The second-order valence-electron chi connectivity index (χ2n) is 6.43. The SMILES string of the molecule is COc1ccc(-c2c3cccc(F)c3nn2C2CCCC2)c(OC)c1. The third kappa shape index (κ3) is 2.64. The zero-order chi connectivity index (χ0) is 17.4. The highest BCUT2D eigenvalue weighted by Gasteiger charge is 2.26. The monoisotopic (exact) mass is 340 g/mol. The first-order chi connectivity index (χ1) is 12.2. The first-order valence-corrected chi connectivity index (χ1v) is 8.62. The lowest BCUT2D eigenvalue weighted by Crippen LogP contribution is -2.08. The van der Waals surface area contributed by atoms with Gasteiger partial charge in [0.15, 0.2) is 5.82 Å². The summed E-state index contributed by atoms with van der Waals surface area (Å²) in [5.41, 5.74) is 2.24. The van der Waals surface area contributed by atoms with Crippen LogP contribution in [-0.2, 0) is 0 Å². The smallest absolute Gasteiger partial charge is 0.151 e. The van der Waals surface area contributed by atoms with Gasteiger partial charge in [0.1, 0.15) is 17.0 Å². The third-order valence-corrected chi connectivity index (χ3v) is 5.01. The Balaban J connectivity index is 1.99. The van der Waals surface area contributed by atoms with Crippen molar-refractivity contribution >= 4 is 10.9 Å². The molecule has 5 heteroatoms. The maximum Gasteiger partial charge on any atom is 0.151 e. The van der Waals surface area contributed by atoms with Crippen LogP contribution < -0.4 is 9.47 Å². The lowest BCUT2D eigenvalue weighted by molar-refractivity contribution is 0.394. The van der Waals surface area contributed by atoms with Crippen LogP contribution in [0.25, 0.3) is 22.2 Å². The van der Waals surface area contributed by atoms with Crippen molar-refractivity contribution in [2.75, 3.05) is 14.2 Å². The Labute approximate surface area is 146 Å². The predicted octanol–water partition coefficient (Wildman–Crippen LogP) is 4.97. The fraction of sp³-hybridized carbons (Fsp3) is 0.350. The molecule has 1 heterocycles. The van der Waals surface area contributed by atoms with Crippen molar-refractivity contribution in [3.05, 3.63) is 42.2 Å². The van der Waals surface area contributed by atoms with Crippen LogP contribution in [-0.4, -0.2) is 24.0 Å². The molecule has 1 aliphatic rings. The standard InChI is InChI=1S/C20H21FN2O2/c1-24-14-10-11-15(18(12-14)25-2)20-16-8-5-9-17(21)19(16)22-23(20)13-6-3-4-7-13/h5,8-13H,3-4,6-7H2,1-2H3. The Morgan fingerprint density at radius 1 is 1.08 bits per heavy atom. The number of aromatic nitrogens is 2. The molecule has 0 unspecified atom stereocenters. The number of halogens is 1. The lowest BCUT2D eigenvalue weighted by atomic mass is 10.0. The van der Waals surface area contributed by atoms with E-state index >= 15 is 0 Å². The van der Waals surface area contributed by atoms with E-state index in [0.717, 1.165) is 35.2 Å². The van der Waals surface area contributed by atoms with Crippen molar-refractivity contribution in [2.24, 2.45) is 0 Å². The number of fused-ring (bicyclic) bond motifs is 1. The number of nitrogens with zero attached hydrogens (tertiary/aromatic N) is 2. The van der Waals surface area contributed by atoms with Crippen molar-refractivity contribution in [1.29, 1.82) is 0 Å². The molecule has 4 rings (SSSR count). The minimum Gasteiger partial charge on any atom is -0.497 e. The van der Waals surface area contributed by atoms with Gasteiger partial charge in [0.2, 0.25) is 0 Å². The van der Waals surface area contributed by atoms with Gasteiger partial charge in [-0.25, -0.2) is 4.39 Å². The molecule has 130 valence electrons. The normalized spacial score (nSPS) is 15.0. The van der Waals surface area contributed by atoms with Gasteiger partial charge in [-0.1, -0.05) is 25.0 Å². The Morgan fingerprint density at radius 2 is 1.88 bits per heavy atom. The molecule has 3 aromatic rings. The van der Waals surface area contributed by atoms with Crippen molar-refractivity contribution in [3.63, 3.8) is 0 Å². The molecule has 25 heavy (non-hydrogen) atoms. The zero-order valence-electron chi connectivity index (χ0n) is 14.5. The Kier molecular flexibility index (Phi) is 4.07. The van der Waals surface area contributed by atoms with Gasteiger partial charge in [-0.05, 0) is 31.0 Å². The molecule has 0 spiro atoms. The van der Waals surface area contributed by atoms with Crippen LogP contribution >= 0.6 is 0 Å². The van der Waals surface area contributed by atoms with E-state index < -0.39 is 0 Å². The summed E-state index contributed by atoms with van der Waals surface area (Å²) in [6.45, 7) is 0. The summed E-state index contributed by atoms with van der Waals surface area (Å²) in [6, 6.07) is 11.1. The molecule has 0 bridgehead atoms. The lowest BCUT2D eigenvalue weighted by Gasteiger charge is -2.17. The molecule has 0 N–H and O–H groups in total. The van der Waals surface area contributed by atoms with E-state index in [4.69, 9.17) is 9.47 Å². The molecule has 1 aromatic heterocycles. The van der Waals surface area contributed by atoms with Gasteiger partial charge >= 0.3 is 0 Å². The third-order valence-electron chi connectivity index (χ3n) is 5.01. The number of hydrogen-bond acceptors (Lipinski definition) is 3. The average Bonchev–Trinajstić information content (AvgIpc) is 3.29. The van der Waals surface area contributed by atoms with E-state index in [-0.39, 0.29) is 5.82 Å². The number of rotatable bonds is 4. The number of hydrogen-bond donors (Lipinski definition) is 0. The first kappa shape index (κ1) is 15.9. The van der Waals surface area contributed by atoms with E-state index in [1.54, 1.807) is 20.3 Å². The second kappa shape index (κ2) is 6.39. The maximum absolute atomic E-state index is 14.4. The zero-order valence-corrected chi connectivity index (χ0v) is 14.5. The van der Waals surface area contributed by atoms with E-state index in [1.807, 2.05) is 28.9 Å². The molecular formula is C20H21FN2O2. The predicted molar refractivity (Wildman–Crippen MR) is 95.7 cm³/mol. The largest absolute Gasteiger partial charge is 0.497 e. The number of ether oxygens (including phenoxy) is 2. The molecule has 1 fully saturated rings. The van der Waals surface area contributed by atoms with Crippen molar-refractivity contribution in [3.8, 4) is 22.8 Å². The molecule has 0 amide bonds. The number of methoxy groups -OCH3 is 2. The van der Waals surface area contributed by atoms with Gasteiger partial charge in [-0.3, -0.25) is 4.68 Å². The van der Waals surface area contributed by atoms with Gasteiger partial charge in [0.25, 0.3) is 0 Å². The van der Waals surface area contributed by atoms with Gasteiger partial charge < -0.3 is 9.47 Å². The van der Waals surface area contributed by atoms with E-state index in [1.165, 1.54) is 18.9 Å².